The van der Waals surface area contributed by atoms with Crippen LogP contribution in [0.5, 0.6) is 0 Å². The average Bonchev–Trinajstić information content (AvgIpc) is 2.59. The number of benzene rings is 1. The minimum atomic E-state index is 0.0802. The topological polar surface area (TPSA) is 38.1 Å². The Morgan fingerprint density at radius 2 is 1.96 bits per heavy atom. The van der Waals surface area contributed by atoms with Crippen LogP contribution < -0.4 is 5.56 Å². The van der Waals surface area contributed by atoms with Gasteiger partial charge in [-0.05, 0) is 63.7 Å². The van der Waals surface area contributed by atoms with Crippen LogP contribution in [0, 0.1) is 12.8 Å². The van der Waals surface area contributed by atoms with Gasteiger partial charge in [-0.1, -0.05) is 18.6 Å². The third kappa shape index (κ3) is 2.69. The van der Waals surface area contributed by atoms with Crippen molar-refractivity contribution in [2.75, 3.05) is 13.1 Å². The van der Waals surface area contributed by atoms with Gasteiger partial charge in [-0.3, -0.25) is 4.79 Å². The number of aromatic nitrogens is 2. The van der Waals surface area contributed by atoms with Gasteiger partial charge >= 0.3 is 0 Å². The molecule has 0 N–H and O–H groups in total. The molecule has 0 aliphatic carbocycles. The van der Waals surface area contributed by atoms with Gasteiger partial charge in [-0.2, -0.15) is 0 Å². The van der Waals surface area contributed by atoms with Crippen molar-refractivity contribution in [3.05, 3.63) is 40.3 Å². The SMILES string of the molecule is Cc1nc2ccccc2n(CC2CCCN3CCCC[C@H]23)c1=O. The van der Waals surface area contributed by atoms with Crippen molar-refractivity contribution in [3.8, 4) is 0 Å². The van der Waals surface area contributed by atoms with E-state index in [4.69, 9.17) is 0 Å². The number of hydrogen-bond acceptors (Lipinski definition) is 3. The first-order valence-electron chi connectivity index (χ1n) is 8.94. The van der Waals surface area contributed by atoms with E-state index < -0.39 is 0 Å². The Morgan fingerprint density at radius 3 is 2.87 bits per heavy atom. The van der Waals surface area contributed by atoms with E-state index in [0.717, 1.165) is 17.6 Å². The first-order chi connectivity index (χ1) is 11.2. The second-order valence-corrected chi connectivity index (χ2v) is 7.10. The number of aryl methyl sites for hydroxylation is 1. The monoisotopic (exact) mass is 311 g/mol. The molecule has 2 atom stereocenters. The summed E-state index contributed by atoms with van der Waals surface area (Å²) in [6.07, 6.45) is 6.46. The van der Waals surface area contributed by atoms with Gasteiger partial charge in [0.2, 0.25) is 0 Å². The predicted molar refractivity (Wildman–Crippen MR) is 92.7 cm³/mol. The highest BCUT2D eigenvalue weighted by Crippen LogP contribution is 2.32. The van der Waals surface area contributed by atoms with E-state index in [0.29, 0.717) is 17.7 Å². The zero-order valence-corrected chi connectivity index (χ0v) is 13.9. The lowest BCUT2D eigenvalue weighted by Crippen LogP contribution is -2.49. The normalized spacial score (nSPS) is 25.4. The minimum absolute atomic E-state index is 0.0802. The molecule has 2 saturated heterocycles. The maximum atomic E-state index is 12.7. The zero-order valence-electron chi connectivity index (χ0n) is 13.9. The fourth-order valence-electron chi connectivity index (χ4n) is 4.53. The van der Waals surface area contributed by atoms with Gasteiger partial charge in [-0.25, -0.2) is 4.98 Å². The largest absolute Gasteiger partial charge is 0.305 e. The number of hydrogen-bond donors (Lipinski definition) is 0. The van der Waals surface area contributed by atoms with Crippen molar-refractivity contribution >= 4 is 11.0 Å². The maximum Gasteiger partial charge on any atom is 0.272 e. The molecule has 0 saturated carbocycles. The Labute approximate surface area is 137 Å². The minimum Gasteiger partial charge on any atom is -0.305 e. The van der Waals surface area contributed by atoms with Gasteiger partial charge in [0.25, 0.3) is 5.56 Å². The number of rotatable bonds is 2. The second kappa shape index (κ2) is 6.08. The van der Waals surface area contributed by atoms with Crippen LogP contribution in [0.15, 0.2) is 29.1 Å². The summed E-state index contributed by atoms with van der Waals surface area (Å²) in [5.74, 6) is 0.590. The summed E-state index contributed by atoms with van der Waals surface area (Å²) in [5, 5.41) is 0. The van der Waals surface area contributed by atoms with Crippen LogP contribution in [-0.2, 0) is 6.54 Å². The molecule has 2 aliphatic rings. The molecule has 23 heavy (non-hydrogen) atoms. The lowest BCUT2D eigenvalue weighted by molar-refractivity contribution is 0.0520. The molecule has 0 amide bonds. The van der Waals surface area contributed by atoms with Crippen molar-refractivity contribution in [1.82, 2.24) is 14.5 Å². The lowest BCUT2D eigenvalue weighted by atomic mass is 9.83. The predicted octanol–water partition coefficient (Wildman–Crippen LogP) is 2.97. The molecule has 4 heteroatoms. The first kappa shape index (κ1) is 14.9. The summed E-state index contributed by atoms with van der Waals surface area (Å²) in [7, 11) is 0. The Kier molecular flexibility index (Phi) is 3.93. The summed E-state index contributed by atoms with van der Waals surface area (Å²) >= 11 is 0. The quantitative estimate of drug-likeness (QED) is 0.856. The van der Waals surface area contributed by atoms with Crippen LogP contribution in [-0.4, -0.2) is 33.6 Å². The highest BCUT2D eigenvalue weighted by molar-refractivity contribution is 5.74. The smallest absolute Gasteiger partial charge is 0.272 e. The standard InChI is InChI=1S/C19H25N3O/c1-14-19(23)22(18-10-3-2-8-16(18)20-14)13-15-7-6-12-21-11-5-4-9-17(15)21/h2-3,8,10,15,17H,4-7,9,11-13H2,1H3/t15?,17-/m1/s1. The Bertz CT molecular complexity index is 765. The van der Waals surface area contributed by atoms with E-state index in [1.807, 2.05) is 35.8 Å². The molecule has 2 fully saturated rings. The van der Waals surface area contributed by atoms with E-state index in [-0.39, 0.29) is 5.56 Å². The molecular weight excluding hydrogens is 286 g/mol. The highest BCUT2D eigenvalue weighted by Gasteiger charge is 2.33. The van der Waals surface area contributed by atoms with Crippen LogP contribution in [0.2, 0.25) is 0 Å². The third-order valence-corrected chi connectivity index (χ3v) is 5.66. The summed E-state index contributed by atoms with van der Waals surface area (Å²) < 4.78 is 1.99. The molecule has 1 aromatic carbocycles. The molecule has 4 rings (SSSR count). The van der Waals surface area contributed by atoms with E-state index in [1.54, 1.807) is 0 Å². The van der Waals surface area contributed by atoms with Crippen LogP contribution in [0.4, 0.5) is 0 Å². The number of fused-ring (bicyclic) bond motifs is 2. The van der Waals surface area contributed by atoms with Crippen molar-refractivity contribution in [2.45, 2.75) is 51.6 Å². The van der Waals surface area contributed by atoms with Crippen LogP contribution in [0.25, 0.3) is 11.0 Å². The van der Waals surface area contributed by atoms with Gasteiger partial charge < -0.3 is 9.47 Å². The number of piperidine rings is 2. The Balaban J connectivity index is 1.72. The zero-order chi connectivity index (χ0) is 15.8. The average molecular weight is 311 g/mol. The van der Waals surface area contributed by atoms with Crippen molar-refractivity contribution in [3.63, 3.8) is 0 Å². The van der Waals surface area contributed by atoms with Crippen LogP contribution >= 0.6 is 0 Å². The van der Waals surface area contributed by atoms with E-state index >= 15 is 0 Å². The second-order valence-electron chi connectivity index (χ2n) is 7.10. The van der Waals surface area contributed by atoms with Crippen LogP contribution in [0.1, 0.15) is 37.8 Å². The van der Waals surface area contributed by atoms with Crippen molar-refractivity contribution in [1.29, 1.82) is 0 Å². The first-order valence-corrected chi connectivity index (χ1v) is 8.94. The summed E-state index contributed by atoms with van der Waals surface area (Å²) in [5.41, 5.74) is 2.61. The Morgan fingerprint density at radius 1 is 1.13 bits per heavy atom. The van der Waals surface area contributed by atoms with E-state index in [1.165, 1.54) is 45.2 Å². The van der Waals surface area contributed by atoms with Gasteiger partial charge in [0.1, 0.15) is 5.69 Å². The lowest BCUT2D eigenvalue weighted by Gasteiger charge is -2.44. The van der Waals surface area contributed by atoms with Gasteiger partial charge in [-0.15, -0.1) is 0 Å². The van der Waals surface area contributed by atoms with Crippen molar-refractivity contribution in [2.24, 2.45) is 5.92 Å². The summed E-state index contributed by atoms with van der Waals surface area (Å²) in [6, 6.07) is 8.70. The van der Waals surface area contributed by atoms with Crippen LogP contribution in [0.3, 0.4) is 0 Å². The molecule has 4 nitrogen and oxygen atoms in total. The molecular formula is C19H25N3O. The molecule has 122 valence electrons. The van der Waals surface area contributed by atoms with Gasteiger partial charge in [0.05, 0.1) is 11.0 Å². The molecule has 2 aliphatic heterocycles. The molecule has 3 heterocycles. The molecule has 0 bridgehead atoms. The number of nitrogens with zero attached hydrogens (tertiary/aromatic N) is 3. The number of para-hydroxylation sites is 2. The van der Waals surface area contributed by atoms with Crippen molar-refractivity contribution < 1.29 is 0 Å². The fourth-order valence-corrected chi connectivity index (χ4v) is 4.53. The molecule has 2 aromatic rings. The van der Waals surface area contributed by atoms with Gasteiger partial charge in [0.15, 0.2) is 0 Å². The maximum absolute atomic E-state index is 12.7. The molecule has 1 aromatic heterocycles. The molecule has 0 radical (unpaired) electrons. The summed E-state index contributed by atoms with van der Waals surface area (Å²) in [6.45, 7) is 5.15. The highest BCUT2D eigenvalue weighted by atomic mass is 16.1. The fraction of sp³-hybridized carbons (Fsp3) is 0.579. The molecule has 1 unspecified atom stereocenters. The van der Waals surface area contributed by atoms with E-state index in [2.05, 4.69) is 9.88 Å². The van der Waals surface area contributed by atoms with E-state index in [9.17, 15) is 4.79 Å². The molecule has 0 spiro atoms. The van der Waals surface area contributed by atoms with Gasteiger partial charge in [0, 0.05) is 12.6 Å². The third-order valence-electron chi connectivity index (χ3n) is 5.66. The summed E-state index contributed by atoms with van der Waals surface area (Å²) in [4.78, 5) is 19.8. The Hall–Kier alpha value is -1.68.